The van der Waals surface area contributed by atoms with Crippen molar-refractivity contribution in [3.05, 3.63) is 58.9 Å². The Kier molecular flexibility index (Phi) is 5.04. The van der Waals surface area contributed by atoms with Crippen LogP contribution in [0.3, 0.4) is 0 Å². The first-order valence-electron chi connectivity index (χ1n) is 6.11. The third-order valence-corrected chi connectivity index (χ3v) is 3.81. The van der Waals surface area contributed by atoms with Gasteiger partial charge in [-0.15, -0.1) is 11.8 Å². The van der Waals surface area contributed by atoms with Gasteiger partial charge in [-0.25, -0.2) is 4.98 Å². The fraction of sp³-hybridized carbons (Fsp3) is 0.200. The lowest BCUT2D eigenvalue weighted by Crippen LogP contribution is -2.27. The molecule has 0 saturated carbocycles. The summed E-state index contributed by atoms with van der Waals surface area (Å²) in [7, 11) is 1.76. The smallest absolute Gasteiger partial charge is 0.272 e. The van der Waals surface area contributed by atoms with E-state index >= 15 is 0 Å². The molecule has 2 rings (SSSR count). The molecule has 0 fully saturated rings. The number of aromatic nitrogens is 1. The van der Waals surface area contributed by atoms with Gasteiger partial charge in [0, 0.05) is 18.5 Å². The van der Waals surface area contributed by atoms with Gasteiger partial charge in [0.2, 0.25) is 0 Å². The normalized spacial score (nSPS) is 10.3. The van der Waals surface area contributed by atoms with Gasteiger partial charge in [-0.3, -0.25) is 4.79 Å². The van der Waals surface area contributed by atoms with Crippen LogP contribution in [-0.4, -0.2) is 29.1 Å². The van der Waals surface area contributed by atoms with Gasteiger partial charge in [0.05, 0.1) is 0 Å². The molecule has 0 atom stereocenters. The predicted molar refractivity (Wildman–Crippen MR) is 83.3 cm³/mol. The van der Waals surface area contributed by atoms with Crippen molar-refractivity contribution in [2.75, 3.05) is 13.3 Å². The summed E-state index contributed by atoms with van der Waals surface area (Å²) in [5.41, 5.74) is 1.45. The molecule has 0 N–H and O–H groups in total. The van der Waals surface area contributed by atoms with Crippen molar-refractivity contribution in [1.29, 1.82) is 0 Å². The van der Waals surface area contributed by atoms with Crippen molar-refractivity contribution in [3.63, 3.8) is 0 Å². The summed E-state index contributed by atoms with van der Waals surface area (Å²) in [5.74, 6) is -0.138. The first kappa shape index (κ1) is 14.9. The molecule has 1 aromatic heterocycles. The minimum atomic E-state index is -0.138. The Morgan fingerprint density at radius 3 is 2.55 bits per heavy atom. The summed E-state index contributed by atoms with van der Waals surface area (Å²) in [6.45, 7) is 0.543. The third-order valence-electron chi connectivity index (χ3n) is 2.86. The number of carbonyl (C=O) groups excluding carboxylic acids is 1. The van der Waals surface area contributed by atoms with Crippen LogP contribution < -0.4 is 0 Å². The number of rotatable bonds is 4. The second-order valence-electron chi connectivity index (χ2n) is 4.35. The Morgan fingerprint density at radius 2 is 1.95 bits per heavy atom. The molecule has 0 spiro atoms. The molecule has 104 valence electrons. The maximum atomic E-state index is 12.2. The van der Waals surface area contributed by atoms with Crippen LogP contribution in [0.1, 0.15) is 16.1 Å². The highest BCUT2D eigenvalue weighted by atomic mass is 35.5. The molecule has 0 bridgehead atoms. The molecule has 0 unspecified atom stereocenters. The molecule has 0 aliphatic heterocycles. The molecule has 20 heavy (non-hydrogen) atoms. The van der Waals surface area contributed by atoms with Gasteiger partial charge in [0.25, 0.3) is 5.91 Å². The van der Waals surface area contributed by atoms with Crippen LogP contribution in [0.4, 0.5) is 0 Å². The number of amides is 1. The number of pyridine rings is 1. The number of hydrogen-bond acceptors (Lipinski definition) is 3. The van der Waals surface area contributed by atoms with Crippen molar-refractivity contribution in [2.24, 2.45) is 0 Å². The summed E-state index contributed by atoms with van der Waals surface area (Å²) >= 11 is 7.50. The van der Waals surface area contributed by atoms with E-state index in [-0.39, 0.29) is 5.91 Å². The van der Waals surface area contributed by atoms with Crippen LogP contribution in [-0.2, 0) is 6.54 Å². The minimum Gasteiger partial charge on any atom is -0.336 e. The minimum absolute atomic E-state index is 0.138. The van der Waals surface area contributed by atoms with Crippen molar-refractivity contribution in [2.45, 2.75) is 11.4 Å². The monoisotopic (exact) mass is 306 g/mol. The van der Waals surface area contributed by atoms with E-state index in [1.54, 1.807) is 41.9 Å². The van der Waals surface area contributed by atoms with Crippen LogP contribution in [0.15, 0.2) is 47.4 Å². The van der Waals surface area contributed by atoms with Gasteiger partial charge >= 0.3 is 0 Å². The Morgan fingerprint density at radius 1 is 1.25 bits per heavy atom. The standard InChI is InChI=1S/C15H15ClN2OS/c1-18(10-11-6-8-12(20-2)9-7-11)15(19)13-4-3-5-14(16)17-13/h3-9H,10H2,1-2H3. The molecule has 0 saturated heterocycles. The summed E-state index contributed by atoms with van der Waals surface area (Å²) < 4.78 is 0. The highest BCUT2D eigenvalue weighted by molar-refractivity contribution is 7.98. The van der Waals surface area contributed by atoms with E-state index in [9.17, 15) is 4.79 Å². The highest BCUT2D eigenvalue weighted by Gasteiger charge is 2.13. The summed E-state index contributed by atoms with van der Waals surface area (Å²) in [6.07, 6.45) is 2.04. The molecular weight excluding hydrogens is 292 g/mol. The third kappa shape index (κ3) is 3.74. The molecule has 0 aliphatic rings. The molecule has 3 nitrogen and oxygen atoms in total. The Hall–Kier alpha value is -1.52. The van der Waals surface area contributed by atoms with E-state index < -0.39 is 0 Å². The average molecular weight is 307 g/mol. The fourth-order valence-corrected chi connectivity index (χ4v) is 2.37. The van der Waals surface area contributed by atoms with E-state index in [1.165, 1.54) is 4.90 Å². The van der Waals surface area contributed by atoms with Crippen LogP contribution in [0.25, 0.3) is 0 Å². The van der Waals surface area contributed by atoms with Gasteiger partial charge in [-0.2, -0.15) is 0 Å². The zero-order valence-electron chi connectivity index (χ0n) is 11.3. The first-order valence-corrected chi connectivity index (χ1v) is 7.71. The van der Waals surface area contributed by atoms with Crippen molar-refractivity contribution >= 4 is 29.3 Å². The lowest BCUT2D eigenvalue weighted by Gasteiger charge is -2.17. The first-order chi connectivity index (χ1) is 9.60. The molecular formula is C15H15ClN2OS. The summed E-state index contributed by atoms with van der Waals surface area (Å²) in [6, 6.07) is 13.2. The molecule has 5 heteroatoms. The van der Waals surface area contributed by atoms with Crippen LogP contribution >= 0.6 is 23.4 Å². The van der Waals surface area contributed by atoms with Crippen molar-refractivity contribution in [3.8, 4) is 0 Å². The number of benzene rings is 1. The lowest BCUT2D eigenvalue weighted by atomic mass is 10.2. The predicted octanol–water partition coefficient (Wildman–Crippen LogP) is 3.73. The molecule has 1 heterocycles. The second-order valence-corrected chi connectivity index (χ2v) is 5.62. The Bertz CT molecular complexity index is 601. The summed E-state index contributed by atoms with van der Waals surface area (Å²) in [4.78, 5) is 19.1. The Balaban J connectivity index is 2.07. The van der Waals surface area contributed by atoms with E-state index in [0.717, 1.165) is 5.56 Å². The molecule has 0 aliphatic carbocycles. The summed E-state index contributed by atoms with van der Waals surface area (Å²) in [5, 5.41) is 0.327. The zero-order valence-corrected chi connectivity index (χ0v) is 12.9. The van der Waals surface area contributed by atoms with Gasteiger partial charge in [0.1, 0.15) is 10.8 Å². The van der Waals surface area contributed by atoms with Crippen LogP contribution in [0.2, 0.25) is 5.15 Å². The number of halogens is 1. The van der Waals surface area contributed by atoms with E-state index in [2.05, 4.69) is 17.1 Å². The number of nitrogens with zero attached hydrogens (tertiary/aromatic N) is 2. The SMILES string of the molecule is CSc1ccc(CN(C)C(=O)c2cccc(Cl)n2)cc1. The van der Waals surface area contributed by atoms with Crippen LogP contribution in [0.5, 0.6) is 0 Å². The fourth-order valence-electron chi connectivity index (χ4n) is 1.80. The lowest BCUT2D eigenvalue weighted by molar-refractivity contribution is 0.0779. The average Bonchev–Trinajstić information content (AvgIpc) is 2.47. The largest absolute Gasteiger partial charge is 0.336 e. The van der Waals surface area contributed by atoms with Gasteiger partial charge in [0.15, 0.2) is 0 Å². The quantitative estimate of drug-likeness (QED) is 0.637. The maximum Gasteiger partial charge on any atom is 0.272 e. The van der Waals surface area contributed by atoms with Gasteiger partial charge < -0.3 is 4.90 Å². The Labute approximate surface area is 128 Å². The molecule has 1 aromatic carbocycles. The van der Waals surface area contributed by atoms with E-state index in [4.69, 9.17) is 11.6 Å². The topological polar surface area (TPSA) is 33.2 Å². The van der Waals surface area contributed by atoms with E-state index in [0.29, 0.717) is 17.4 Å². The number of carbonyl (C=O) groups is 1. The van der Waals surface area contributed by atoms with Crippen molar-refractivity contribution in [1.82, 2.24) is 9.88 Å². The molecule has 1 amide bonds. The van der Waals surface area contributed by atoms with Crippen molar-refractivity contribution < 1.29 is 4.79 Å². The molecule has 2 aromatic rings. The molecule has 0 radical (unpaired) electrons. The van der Waals surface area contributed by atoms with Crippen LogP contribution in [0, 0.1) is 0 Å². The zero-order chi connectivity index (χ0) is 14.5. The van der Waals surface area contributed by atoms with Gasteiger partial charge in [-0.1, -0.05) is 29.8 Å². The van der Waals surface area contributed by atoms with Gasteiger partial charge in [-0.05, 0) is 36.1 Å². The number of thioether (sulfide) groups is 1. The highest BCUT2D eigenvalue weighted by Crippen LogP contribution is 2.16. The second kappa shape index (κ2) is 6.77. The number of hydrogen-bond donors (Lipinski definition) is 0. The van der Waals surface area contributed by atoms with E-state index in [1.807, 2.05) is 18.4 Å². The maximum absolute atomic E-state index is 12.2.